The lowest BCUT2D eigenvalue weighted by molar-refractivity contribution is -0.214. The van der Waals surface area contributed by atoms with Crippen LogP contribution in [0.15, 0.2) is 0 Å². The molecule has 43 heavy (non-hydrogen) atoms. The molecule has 6 aliphatic rings. The summed E-state index contributed by atoms with van der Waals surface area (Å²) < 4.78 is 13.4. The highest BCUT2D eigenvalue weighted by Gasteiger charge is 2.85. The van der Waals surface area contributed by atoms with Crippen LogP contribution in [0.4, 0.5) is 0 Å². The molecule has 7 nitrogen and oxygen atoms in total. The van der Waals surface area contributed by atoms with Gasteiger partial charge in [-0.15, -0.1) is 0 Å². The van der Waals surface area contributed by atoms with Crippen LogP contribution in [0.2, 0.25) is 0 Å². The fraction of sp³-hybridized carbons (Fsp3) is 0.971. The van der Waals surface area contributed by atoms with Crippen LogP contribution >= 0.6 is 11.8 Å². The van der Waals surface area contributed by atoms with Gasteiger partial charge in [-0.1, -0.05) is 41.5 Å². The van der Waals surface area contributed by atoms with Crippen LogP contribution in [0.1, 0.15) is 120 Å². The highest BCUT2D eigenvalue weighted by Crippen LogP contribution is 2.89. The highest BCUT2D eigenvalue weighted by molar-refractivity contribution is 6.14. The largest absolute Gasteiger partial charge is 0.461 e. The van der Waals surface area contributed by atoms with Gasteiger partial charge in [0, 0.05) is 5.92 Å². The Bertz CT molecular complexity index is 1140. The second kappa shape index (κ2) is 9.79. The molecule has 4 N–H and O–H groups in total. The lowest BCUT2D eigenvalue weighted by Gasteiger charge is -2.64. The maximum Gasteiger partial charge on any atom is 0.324 e. The zero-order valence-electron chi connectivity index (χ0n) is 28.0. The lowest BCUT2D eigenvalue weighted by Crippen LogP contribution is -2.62. The molecular weight excluding hydrogens is 566 g/mol. The molecule has 8 heteroatoms. The molecule has 6 rings (SSSR count). The van der Waals surface area contributed by atoms with Crippen molar-refractivity contribution in [2.45, 2.75) is 162 Å². The molecule has 2 spiro atoms. The maximum absolute atomic E-state index is 13.7. The van der Waals surface area contributed by atoms with Crippen molar-refractivity contribution in [1.82, 2.24) is 4.84 Å². The Morgan fingerprint density at radius 1 is 0.977 bits per heavy atom. The molecule has 5 aliphatic carbocycles. The smallest absolute Gasteiger partial charge is 0.324 e. The minimum absolute atomic E-state index is 0.0267. The van der Waals surface area contributed by atoms with E-state index in [1.165, 1.54) is 0 Å². The van der Waals surface area contributed by atoms with Gasteiger partial charge in [0.2, 0.25) is 0 Å². The van der Waals surface area contributed by atoms with Crippen molar-refractivity contribution in [1.29, 1.82) is 0 Å². The molecule has 0 aromatic heterocycles. The van der Waals surface area contributed by atoms with Crippen LogP contribution in [0.25, 0.3) is 0 Å². The zero-order chi connectivity index (χ0) is 31.8. The van der Waals surface area contributed by atoms with Gasteiger partial charge in [0.1, 0.15) is 12.1 Å². The summed E-state index contributed by atoms with van der Waals surface area (Å²) in [7, 11) is 0. The van der Waals surface area contributed by atoms with Crippen LogP contribution < -0.4 is 4.84 Å². The van der Waals surface area contributed by atoms with Crippen LogP contribution in [-0.2, 0) is 14.3 Å². The SMILES string of the molecule is CC(C)[C@H](NCl)C(=O)O[C@H]1C[C@@]2(C)C3C[C@H](O)[C@H]4C(C)(C)[C@@H](O)CC[C@@]45CC35CC[C@]2(C)[C@H]1[C@@]1(C)CC[C@@H](C(C)(C)O)O1. The maximum atomic E-state index is 13.7. The van der Waals surface area contributed by atoms with Crippen molar-refractivity contribution in [3.8, 4) is 0 Å². The van der Waals surface area contributed by atoms with Gasteiger partial charge in [-0.2, -0.15) is 0 Å². The van der Waals surface area contributed by atoms with Crippen molar-refractivity contribution in [3.05, 3.63) is 0 Å². The second-order valence-corrected chi connectivity index (χ2v) is 18.4. The monoisotopic (exact) mass is 623 g/mol. The molecule has 1 heterocycles. The zero-order valence-corrected chi connectivity index (χ0v) is 28.8. The fourth-order valence-electron chi connectivity index (χ4n) is 12.9. The molecule has 246 valence electrons. The third-order valence-corrected chi connectivity index (χ3v) is 15.3. The van der Waals surface area contributed by atoms with Crippen LogP contribution in [0.3, 0.4) is 0 Å². The first-order valence-corrected chi connectivity index (χ1v) is 17.4. The van der Waals surface area contributed by atoms with Crippen LogP contribution in [0.5, 0.6) is 0 Å². The first-order chi connectivity index (χ1) is 19.7. The summed E-state index contributed by atoms with van der Waals surface area (Å²) in [6.45, 7) is 18.9. The number of aliphatic hydroxyl groups excluding tert-OH is 2. The number of ether oxygens (including phenoxy) is 2. The van der Waals surface area contributed by atoms with Crippen molar-refractivity contribution in [2.75, 3.05) is 0 Å². The van der Waals surface area contributed by atoms with Gasteiger partial charge in [0.15, 0.2) is 0 Å². The lowest BCUT2D eigenvalue weighted by atomic mass is 9.41. The number of halogens is 1. The fourth-order valence-corrected chi connectivity index (χ4v) is 13.2. The molecule has 0 radical (unpaired) electrons. The third-order valence-electron chi connectivity index (χ3n) is 15.1. The number of rotatable bonds is 6. The van der Waals surface area contributed by atoms with E-state index in [1.54, 1.807) is 0 Å². The number of carbonyl (C=O) groups excluding carboxylic acids is 1. The van der Waals surface area contributed by atoms with Gasteiger partial charge >= 0.3 is 5.97 Å². The number of hydrogen-bond donors (Lipinski definition) is 4. The molecule has 0 bridgehead atoms. The number of carbonyl (C=O) groups is 1. The van der Waals surface area contributed by atoms with E-state index in [0.717, 1.165) is 57.8 Å². The summed E-state index contributed by atoms with van der Waals surface area (Å²) in [5, 5.41) is 33.9. The molecule has 5 saturated carbocycles. The minimum atomic E-state index is -0.962. The average Bonchev–Trinajstić information content (AvgIpc) is 3.22. The molecule has 6 fully saturated rings. The molecule has 2 unspecified atom stereocenters. The first-order valence-electron chi connectivity index (χ1n) is 17.1. The molecular formula is C35H58ClNO6. The summed E-state index contributed by atoms with van der Waals surface area (Å²) in [5.74, 6) is -0.0130. The first kappa shape index (κ1) is 32.5. The van der Waals surface area contributed by atoms with E-state index < -0.39 is 23.3 Å². The van der Waals surface area contributed by atoms with Gasteiger partial charge in [-0.05, 0) is 135 Å². The second-order valence-electron chi connectivity index (χ2n) is 18.1. The summed E-state index contributed by atoms with van der Waals surface area (Å²) in [6.07, 6.45) is 6.54. The Kier molecular flexibility index (Phi) is 7.40. The van der Waals surface area contributed by atoms with Crippen molar-refractivity contribution in [3.63, 3.8) is 0 Å². The van der Waals surface area contributed by atoms with Gasteiger partial charge in [0.05, 0.1) is 29.5 Å². The van der Waals surface area contributed by atoms with E-state index in [-0.39, 0.29) is 69.1 Å². The topological polar surface area (TPSA) is 108 Å². The molecule has 1 saturated heterocycles. The van der Waals surface area contributed by atoms with Crippen molar-refractivity contribution in [2.24, 2.45) is 50.7 Å². The van der Waals surface area contributed by atoms with E-state index in [9.17, 15) is 20.1 Å². The predicted octanol–water partition coefficient (Wildman–Crippen LogP) is 5.76. The minimum Gasteiger partial charge on any atom is -0.461 e. The number of aliphatic hydroxyl groups is 3. The normalized spacial score (nSPS) is 52.6. The van der Waals surface area contributed by atoms with Crippen molar-refractivity contribution >= 4 is 17.7 Å². The summed E-state index contributed by atoms with van der Waals surface area (Å²) in [4.78, 5) is 16.3. The molecule has 0 aromatic rings. The van der Waals surface area contributed by atoms with Gasteiger partial charge in [0.25, 0.3) is 0 Å². The molecule has 0 aromatic carbocycles. The highest BCUT2D eigenvalue weighted by atomic mass is 35.5. The number of nitrogens with one attached hydrogen (secondary N) is 1. The van der Waals surface area contributed by atoms with Gasteiger partial charge in [-0.25, -0.2) is 4.84 Å². The van der Waals surface area contributed by atoms with E-state index in [1.807, 2.05) is 27.7 Å². The van der Waals surface area contributed by atoms with E-state index in [2.05, 4.69) is 39.5 Å². The van der Waals surface area contributed by atoms with E-state index in [4.69, 9.17) is 21.3 Å². The Morgan fingerprint density at radius 3 is 2.23 bits per heavy atom. The third kappa shape index (κ3) is 4.19. The Morgan fingerprint density at radius 2 is 1.65 bits per heavy atom. The number of hydrogen-bond acceptors (Lipinski definition) is 7. The molecule has 1 aliphatic heterocycles. The van der Waals surface area contributed by atoms with Crippen molar-refractivity contribution < 1.29 is 29.6 Å². The summed E-state index contributed by atoms with van der Waals surface area (Å²) >= 11 is 6.06. The van der Waals surface area contributed by atoms with E-state index in [0.29, 0.717) is 5.92 Å². The van der Waals surface area contributed by atoms with Gasteiger partial charge in [-0.3, -0.25) is 4.79 Å². The summed E-state index contributed by atoms with van der Waals surface area (Å²) in [5.41, 5.74) is -2.01. The number of fused-ring (bicyclic) bond motifs is 2. The Hall–Kier alpha value is -0.440. The molecule has 0 amide bonds. The standard InChI is InChI=1S/C35H58ClNO6/c1-19(2)25(37-36)28(40)42-21-17-32(8)22-16-20(38)26-29(3,4)23(39)10-13-35(26)18-34(22,35)15-14-31(32,7)27(21)33(9)12-11-24(43-33)30(5,6)41/h19-27,37-39,41H,10-18H2,1-9H3/t20-,21-,22?,23-,24-,25-,26-,27-,31+,32-,33+,34?,35+/m0/s1. The predicted molar refractivity (Wildman–Crippen MR) is 166 cm³/mol. The van der Waals surface area contributed by atoms with Gasteiger partial charge < -0.3 is 24.8 Å². The average molecular weight is 624 g/mol. The quantitative estimate of drug-likeness (QED) is 0.220. The Balaban J connectivity index is 1.40. The summed E-state index contributed by atoms with van der Waals surface area (Å²) in [6, 6.07) is -0.613. The van der Waals surface area contributed by atoms with Crippen LogP contribution in [-0.4, -0.2) is 62.9 Å². The van der Waals surface area contributed by atoms with E-state index >= 15 is 0 Å². The molecule has 13 atom stereocenters. The van der Waals surface area contributed by atoms with Crippen LogP contribution in [0, 0.1) is 50.7 Å². The Labute approximate surface area is 264 Å². The number of esters is 1.